The average Bonchev–Trinajstić information content (AvgIpc) is 2.49. The van der Waals surface area contributed by atoms with Gasteiger partial charge in [-0.15, -0.1) is 0 Å². The van der Waals surface area contributed by atoms with Gasteiger partial charge in [-0.3, -0.25) is 4.90 Å². The molecule has 0 aliphatic carbocycles. The maximum absolute atomic E-state index is 6.13. The van der Waals surface area contributed by atoms with Gasteiger partial charge in [0.2, 0.25) is 0 Å². The zero-order valence-electron chi connectivity index (χ0n) is 13.7. The van der Waals surface area contributed by atoms with Gasteiger partial charge in [-0.05, 0) is 70.1 Å². The summed E-state index contributed by atoms with van der Waals surface area (Å²) in [7, 11) is 0. The van der Waals surface area contributed by atoms with Gasteiger partial charge in [0.1, 0.15) is 0 Å². The molecule has 1 aliphatic rings. The third-order valence-electron chi connectivity index (χ3n) is 4.41. The number of halogens is 1. The molecule has 1 heterocycles. The molecule has 3 nitrogen and oxygen atoms in total. The molecule has 0 aromatic heterocycles. The van der Waals surface area contributed by atoms with Gasteiger partial charge in [0.25, 0.3) is 0 Å². The van der Waals surface area contributed by atoms with E-state index in [0.717, 1.165) is 22.8 Å². The van der Waals surface area contributed by atoms with Crippen LogP contribution in [0.2, 0.25) is 5.02 Å². The number of nitrogens with zero attached hydrogens (tertiary/aromatic N) is 1. The topological polar surface area (TPSA) is 27.3 Å². The number of hydrogen-bond donors (Lipinski definition) is 2. The number of aryl methyl sites for hydroxylation is 1. The minimum atomic E-state index is 0.483. The van der Waals surface area contributed by atoms with E-state index in [1.54, 1.807) is 0 Å². The van der Waals surface area contributed by atoms with Crippen LogP contribution in [0.25, 0.3) is 0 Å². The Labute approximate surface area is 144 Å². The van der Waals surface area contributed by atoms with Crippen molar-refractivity contribution in [1.29, 1.82) is 0 Å². The van der Waals surface area contributed by atoms with Crippen molar-refractivity contribution in [2.45, 2.75) is 52.1 Å². The predicted molar refractivity (Wildman–Crippen MR) is 99.9 cm³/mol. The smallest absolute Gasteiger partial charge is 0.170 e. The number of anilines is 1. The molecule has 0 saturated carbocycles. The van der Waals surface area contributed by atoms with Crippen LogP contribution in [0, 0.1) is 6.92 Å². The lowest BCUT2D eigenvalue weighted by molar-refractivity contribution is 0.116. The van der Waals surface area contributed by atoms with Gasteiger partial charge in [-0.1, -0.05) is 24.1 Å². The van der Waals surface area contributed by atoms with E-state index in [1.165, 1.54) is 25.8 Å². The summed E-state index contributed by atoms with van der Waals surface area (Å²) in [5, 5.41) is 7.92. The monoisotopic (exact) mass is 339 g/mol. The van der Waals surface area contributed by atoms with Crippen molar-refractivity contribution >= 4 is 34.6 Å². The molecule has 0 unspecified atom stereocenters. The number of benzene rings is 1. The van der Waals surface area contributed by atoms with Gasteiger partial charge in [0.15, 0.2) is 5.11 Å². The fourth-order valence-electron chi connectivity index (χ4n) is 2.98. The lowest BCUT2D eigenvalue weighted by atomic mass is 10.0. The van der Waals surface area contributed by atoms with Gasteiger partial charge in [-0.2, -0.15) is 0 Å². The highest BCUT2D eigenvalue weighted by Gasteiger charge is 2.22. The molecular weight excluding hydrogens is 314 g/mol. The molecule has 2 rings (SSSR count). The van der Waals surface area contributed by atoms with Crippen molar-refractivity contribution in [2.75, 3.05) is 18.4 Å². The summed E-state index contributed by atoms with van der Waals surface area (Å²) in [6.07, 6.45) is 3.96. The van der Waals surface area contributed by atoms with Crippen LogP contribution in [0.3, 0.4) is 0 Å². The maximum Gasteiger partial charge on any atom is 0.170 e. The molecule has 1 aromatic carbocycles. The number of thiocarbonyl (C=S) groups is 1. The van der Waals surface area contributed by atoms with Gasteiger partial charge < -0.3 is 10.6 Å². The second-order valence-corrected chi connectivity index (χ2v) is 7.05. The Morgan fingerprint density at radius 1 is 1.45 bits per heavy atom. The van der Waals surface area contributed by atoms with Crippen LogP contribution in [-0.2, 0) is 0 Å². The Bertz CT molecular complexity index is 521. The van der Waals surface area contributed by atoms with Crippen LogP contribution in [0.5, 0.6) is 0 Å². The van der Waals surface area contributed by atoms with Crippen LogP contribution in [-0.4, -0.2) is 35.2 Å². The molecule has 5 heteroatoms. The van der Waals surface area contributed by atoms with E-state index in [2.05, 4.69) is 29.4 Å². The molecule has 2 atom stereocenters. The molecule has 2 N–H and O–H groups in total. The fraction of sp³-hybridized carbons (Fsp3) is 0.588. The fourth-order valence-corrected chi connectivity index (χ4v) is 3.36. The highest BCUT2D eigenvalue weighted by Crippen LogP contribution is 2.20. The van der Waals surface area contributed by atoms with E-state index in [9.17, 15) is 0 Å². The van der Waals surface area contributed by atoms with E-state index < -0.39 is 0 Å². The second-order valence-electron chi connectivity index (χ2n) is 6.23. The van der Waals surface area contributed by atoms with Crippen LogP contribution in [0.1, 0.15) is 38.7 Å². The first-order chi connectivity index (χ1) is 10.5. The van der Waals surface area contributed by atoms with Crippen LogP contribution < -0.4 is 10.6 Å². The largest absolute Gasteiger partial charge is 0.361 e. The van der Waals surface area contributed by atoms with E-state index in [1.807, 2.05) is 25.1 Å². The van der Waals surface area contributed by atoms with Crippen molar-refractivity contribution in [3.8, 4) is 0 Å². The van der Waals surface area contributed by atoms with E-state index >= 15 is 0 Å². The summed E-state index contributed by atoms with van der Waals surface area (Å²) in [6.45, 7) is 8.62. The van der Waals surface area contributed by atoms with Gasteiger partial charge in [0.05, 0.1) is 0 Å². The molecule has 22 heavy (non-hydrogen) atoms. The number of hydrogen-bond acceptors (Lipinski definition) is 2. The molecule has 0 amide bonds. The zero-order valence-corrected chi connectivity index (χ0v) is 15.2. The van der Waals surface area contributed by atoms with E-state index in [0.29, 0.717) is 17.2 Å². The molecular formula is C17H26ClN3S. The Balaban J connectivity index is 1.80. The molecule has 0 radical (unpaired) electrons. The van der Waals surface area contributed by atoms with Crippen LogP contribution in [0.15, 0.2) is 18.2 Å². The van der Waals surface area contributed by atoms with E-state index in [4.69, 9.17) is 23.8 Å². The summed E-state index contributed by atoms with van der Waals surface area (Å²) in [5.74, 6) is 0. The maximum atomic E-state index is 6.13. The average molecular weight is 340 g/mol. The predicted octanol–water partition coefficient (Wildman–Crippen LogP) is 4.20. The summed E-state index contributed by atoms with van der Waals surface area (Å²) in [4.78, 5) is 2.57. The third kappa shape index (κ3) is 4.83. The first-order valence-electron chi connectivity index (χ1n) is 8.04. The SMILES string of the molecule is Cc1ccc(NC(=S)NC[C@@H](C)N2CCCC[C@H]2C)cc1Cl. The van der Waals surface area contributed by atoms with Gasteiger partial charge >= 0.3 is 0 Å². The summed E-state index contributed by atoms with van der Waals surface area (Å²) in [6, 6.07) is 7.04. The van der Waals surface area contributed by atoms with E-state index in [-0.39, 0.29) is 0 Å². The third-order valence-corrected chi connectivity index (χ3v) is 5.06. The standard InChI is InChI=1S/C17H26ClN3S/c1-12-7-8-15(10-16(12)18)20-17(22)19-11-14(3)21-9-5-4-6-13(21)2/h7-8,10,13-14H,4-6,9,11H2,1-3H3,(H2,19,20,22)/t13-,14-/m1/s1. The molecule has 1 aromatic rings. The van der Waals surface area contributed by atoms with Crippen molar-refractivity contribution in [2.24, 2.45) is 0 Å². The quantitative estimate of drug-likeness (QED) is 0.804. The minimum absolute atomic E-state index is 0.483. The zero-order chi connectivity index (χ0) is 16.1. The van der Waals surface area contributed by atoms with Gasteiger partial charge in [-0.25, -0.2) is 0 Å². The highest BCUT2D eigenvalue weighted by molar-refractivity contribution is 7.80. The van der Waals surface area contributed by atoms with Crippen molar-refractivity contribution in [3.05, 3.63) is 28.8 Å². The Hall–Kier alpha value is -0.840. The Morgan fingerprint density at radius 3 is 2.91 bits per heavy atom. The lowest BCUT2D eigenvalue weighted by Gasteiger charge is -2.38. The summed E-state index contributed by atoms with van der Waals surface area (Å²) in [5.41, 5.74) is 1.99. The second kappa shape index (κ2) is 8.14. The number of nitrogens with one attached hydrogen (secondary N) is 2. The van der Waals surface area contributed by atoms with Gasteiger partial charge in [0, 0.05) is 29.3 Å². The lowest BCUT2D eigenvalue weighted by Crippen LogP contribution is -2.48. The van der Waals surface area contributed by atoms with Crippen LogP contribution in [0.4, 0.5) is 5.69 Å². The van der Waals surface area contributed by atoms with Crippen molar-refractivity contribution in [1.82, 2.24) is 10.2 Å². The Morgan fingerprint density at radius 2 is 2.23 bits per heavy atom. The molecule has 122 valence electrons. The summed E-state index contributed by atoms with van der Waals surface area (Å²) >= 11 is 11.5. The number of rotatable bonds is 4. The molecule has 0 spiro atoms. The molecule has 0 bridgehead atoms. The minimum Gasteiger partial charge on any atom is -0.361 e. The van der Waals surface area contributed by atoms with Crippen LogP contribution >= 0.6 is 23.8 Å². The molecule has 1 saturated heterocycles. The summed E-state index contributed by atoms with van der Waals surface area (Å²) < 4.78 is 0. The first-order valence-corrected chi connectivity index (χ1v) is 8.82. The van der Waals surface area contributed by atoms with Crippen molar-refractivity contribution < 1.29 is 0 Å². The molecule has 1 aliphatic heterocycles. The number of piperidine rings is 1. The highest BCUT2D eigenvalue weighted by atomic mass is 35.5. The molecule has 1 fully saturated rings. The first kappa shape index (κ1) is 17.5. The normalized spacial score (nSPS) is 20.5. The van der Waals surface area contributed by atoms with Crippen molar-refractivity contribution in [3.63, 3.8) is 0 Å². The Kier molecular flexibility index (Phi) is 6.48. The number of likely N-dealkylation sites (tertiary alicyclic amines) is 1.